The summed E-state index contributed by atoms with van der Waals surface area (Å²) in [6.07, 6.45) is 0. The van der Waals surface area contributed by atoms with E-state index in [4.69, 9.17) is 30.2 Å². The lowest BCUT2D eigenvalue weighted by Crippen LogP contribution is -2.04. The summed E-state index contributed by atoms with van der Waals surface area (Å²) in [5, 5.41) is 0.501. The van der Waals surface area contributed by atoms with Crippen LogP contribution in [0.2, 0.25) is 5.02 Å². The molecule has 0 N–H and O–H groups in total. The second-order valence-electron chi connectivity index (χ2n) is 5.00. The maximum atomic E-state index is 12.6. The molecule has 0 bridgehead atoms. The second kappa shape index (κ2) is 6.45. The standard InChI is InChI=1S/C18H15ClO5/c1-21-11-6-4-10(5-7-11)13-8-12(20)16-14(22-2)9-15(23-3)17(19)18(16)24-13/h4-9H,1-3H3. The van der Waals surface area contributed by atoms with Crippen molar-refractivity contribution in [3.05, 3.63) is 51.6 Å². The first-order valence-electron chi connectivity index (χ1n) is 7.11. The predicted octanol–water partition coefficient (Wildman–Crippen LogP) is 4.14. The molecular weight excluding hydrogens is 332 g/mol. The average Bonchev–Trinajstić information content (AvgIpc) is 2.62. The summed E-state index contributed by atoms with van der Waals surface area (Å²) >= 11 is 6.32. The van der Waals surface area contributed by atoms with Crippen molar-refractivity contribution in [3.63, 3.8) is 0 Å². The van der Waals surface area contributed by atoms with Crippen LogP contribution in [0.3, 0.4) is 0 Å². The largest absolute Gasteiger partial charge is 0.497 e. The van der Waals surface area contributed by atoms with Gasteiger partial charge in [0.15, 0.2) is 11.0 Å². The van der Waals surface area contributed by atoms with E-state index >= 15 is 0 Å². The van der Waals surface area contributed by atoms with Gasteiger partial charge in [-0.3, -0.25) is 4.79 Å². The molecule has 2 aromatic carbocycles. The summed E-state index contributed by atoms with van der Waals surface area (Å²) < 4.78 is 21.5. The zero-order valence-electron chi connectivity index (χ0n) is 13.4. The highest BCUT2D eigenvalue weighted by Gasteiger charge is 2.18. The summed E-state index contributed by atoms with van der Waals surface area (Å²) in [7, 11) is 4.54. The lowest BCUT2D eigenvalue weighted by Gasteiger charge is -2.11. The topological polar surface area (TPSA) is 57.9 Å². The third-order valence-electron chi connectivity index (χ3n) is 3.69. The Kier molecular flexibility index (Phi) is 4.36. The van der Waals surface area contributed by atoms with Crippen LogP contribution in [0, 0.1) is 0 Å². The molecule has 0 saturated heterocycles. The van der Waals surface area contributed by atoms with Gasteiger partial charge in [0.2, 0.25) is 0 Å². The molecular formula is C18H15ClO5. The van der Waals surface area contributed by atoms with Crippen LogP contribution in [0.15, 0.2) is 45.6 Å². The minimum atomic E-state index is -0.247. The molecule has 1 heterocycles. The molecule has 6 heteroatoms. The van der Waals surface area contributed by atoms with Gasteiger partial charge in [-0.1, -0.05) is 11.6 Å². The molecule has 0 aliphatic rings. The van der Waals surface area contributed by atoms with Gasteiger partial charge < -0.3 is 18.6 Å². The first-order chi connectivity index (χ1) is 11.6. The van der Waals surface area contributed by atoms with Gasteiger partial charge >= 0.3 is 0 Å². The Morgan fingerprint density at radius 3 is 2.17 bits per heavy atom. The Hall–Kier alpha value is -2.66. The smallest absolute Gasteiger partial charge is 0.197 e. The first-order valence-corrected chi connectivity index (χ1v) is 7.49. The van der Waals surface area contributed by atoms with Crippen LogP contribution in [0.1, 0.15) is 0 Å². The Balaban J connectivity index is 2.28. The molecule has 0 aliphatic heterocycles. The zero-order valence-corrected chi connectivity index (χ0v) is 14.1. The molecule has 0 amide bonds. The Morgan fingerprint density at radius 1 is 0.917 bits per heavy atom. The third kappa shape index (κ3) is 2.67. The van der Waals surface area contributed by atoms with Crippen molar-refractivity contribution in [2.45, 2.75) is 0 Å². The van der Waals surface area contributed by atoms with Crippen molar-refractivity contribution >= 4 is 22.6 Å². The van der Waals surface area contributed by atoms with Gasteiger partial charge in [-0.2, -0.15) is 0 Å². The molecule has 0 fully saturated rings. The minimum absolute atomic E-state index is 0.223. The minimum Gasteiger partial charge on any atom is -0.497 e. The Labute approximate surface area is 143 Å². The van der Waals surface area contributed by atoms with Crippen molar-refractivity contribution < 1.29 is 18.6 Å². The summed E-state index contributed by atoms with van der Waals surface area (Å²) in [6.45, 7) is 0. The summed E-state index contributed by atoms with van der Waals surface area (Å²) in [6, 6.07) is 10.1. The maximum absolute atomic E-state index is 12.6. The van der Waals surface area contributed by atoms with Gasteiger partial charge in [0.1, 0.15) is 33.4 Å². The molecule has 0 spiro atoms. The van der Waals surface area contributed by atoms with Gasteiger partial charge in [0.05, 0.1) is 21.3 Å². The van der Waals surface area contributed by atoms with Crippen LogP contribution >= 0.6 is 11.6 Å². The van der Waals surface area contributed by atoms with Crippen molar-refractivity contribution in [2.75, 3.05) is 21.3 Å². The van der Waals surface area contributed by atoms with Crippen molar-refractivity contribution in [2.24, 2.45) is 0 Å². The normalized spacial score (nSPS) is 10.7. The van der Waals surface area contributed by atoms with Crippen molar-refractivity contribution in [3.8, 4) is 28.6 Å². The number of rotatable bonds is 4. The number of hydrogen-bond acceptors (Lipinski definition) is 5. The average molecular weight is 347 g/mol. The quantitative estimate of drug-likeness (QED) is 0.710. The second-order valence-corrected chi connectivity index (χ2v) is 5.38. The molecule has 0 aliphatic carbocycles. The van der Waals surface area contributed by atoms with Gasteiger partial charge in [-0.25, -0.2) is 0 Å². The van der Waals surface area contributed by atoms with E-state index in [0.717, 1.165) is 5.56 Å². The van der Waals surface area contributed by atoms with E-state index in [2.05, 4.69) is 0 Å². The van der Waals surface area contributed by atoms with E-state index in [1.165, 1.54) is 20.3 Å². The molecule has 0 unspecified atom stereocenters. The molecule has 3 aromatic rings. The van der Waals surface area contributed by atoms with Crippen molar-refractivity contribution in [1.82, 2.24) is 0 Å². The van der Waals surface area contributed by atoms with Gasteiger partial charge in [-0.05, 0) is 24.3 Å². The molecule has 3 rings (SSSR count). The van der Waals surface area contributed by atoms with E-state index in [-0.39, 0.29) is 21.4 Å². The number of hydrogen-bond donors (Lipinski definition) is 0. The van der Waals surface area contributed by atoms with Crippen LogP contribution in [0.4, 0.5) is 0 Å². The maximum Gasteiger partial charge on any atom is 0.197 e. The van der Waals surface area contributed by atoms with Crippen LogP contribution in [0.25, 0.3) is 22.3 Å². The molecule has 24 heavy (non-hydrogen) atoms. The summed E-state index contributed by atoms with van der Waals surface area (Å²) in [5.41, 5.74) is 0.710. The number of fused-ring (bicyclic) bond motifs is 1. The highest BCUT2D eigenvalue weighted by molar-refractivity contribution is 6.36. The zero-order chi connectivity index (χ0) is 17.3. The monoisotopic (exact) mass is 346 g/mol. The summed E-state index contributed by atoms with van der Waals surface area (Å²) in [5.74, 6) is 1.83. The van der Waals surface area contributed by atoms with E-state index in [9.17, 15) is 4.79 Å². The highest BCUT2D eigenvalue weighted by atomic mass is 35.5. The van der Waals surface area contributed by atoms with Crippen LogP contribution in [-0.2, 0) is 0 Å². The predicted molar refractivity (Wildman–Crippen MR) is 92.6 cm³/mol. The van der Waals surface area contributed by atoms with Gasteiger partial charge in [-0.15, -0.1) is 0 Å². The Bertz CT molecular complexity index is 944. The van der Waals surface area contributed by atoms with E-state index < -0.39 is 0 Å². The number of methoxy groups -OCH3 is 3. The molecule has 0 radical (unpaired) electrons. The number of ether oxygens (including phenoxy) is 3. The van der Waals surface area contributed by atoms with Crippen LogP contribution in [-0.4, -0.2) is 21.3 Å². The number of halogens is 1. The fraction of sp³-hybridized carbons (Fsp3) is 0.167. The fourth-order valence-corrected chi connectivity index (χ4v) is 2.72. The molecule has 5 nitrogen and oxygen atoms in total. The molecule has 124 valence electrons. The fourth-order valence-electron chi connectivity index (χ4n) is 2.46. The third-order valence-corrected chi connectivity index (χ3v) is 4.04. The number of benzene rings is 2. The SMILES string of the molecule is COc1ccc(-c2cc(=O)c3c(OC)cc(OC)c(Cl)c3o2)cc1. The summed E-state index contributed by atoms with van der Waals surface area (Å²) in [4.78, 5) is 12.6. The van der Waals surface area contributed by atoms with Crippen LogP contribution < -0.4 is 19.6 Å². The first kappa shape index (κ1) is 16.2. The van der Waals surface area contributed by atoms with Crippen LogP contribution in [0.5, 0.6) is 17.2 Å². The lowest BCUT2D eigenvalue weighted by atomic mass is 10.1. The molecule has 1 aromatic heterocycles. The highest BCUT2D eigenvalue weighted by Crippen LogP contribution is 2.39. The van der Waals surface area contributed by atoms with E-state index in [1.54, 1.807) is 37.4 Å². The van der Waals surface area contributed by atoms with Gasteiger partial charge in [0, 0.05) is 17.7 Å². The molecule has 0 saturated carbocycles. The van der Waals surface area contributed by atoms with E-state index in [1.807, 2.05) is 0 Å². The molecule has 0 atom stereocenters. The lowest BCUT2D eigenvalue weighted by molar-refractivity contribution is 0.396. The van der Waals surface area contributed by atoms with Gasteiger partial charge in [0.25, 0.3) is 0 Å². The Morgan fingerprint density at radius 2 is 1.58 bits per heavy atom. The van der Waals surface area contributed by atoms with E-state index in [0.29, 0.717) is 23.0 Å². The van der Waals surface area contributed by atoms with Crippen molar-refractivity contribution in [1.29, 1.82) is 0 Å².